The molecule has 0 spiro atoms. The first-order valence-corrected chi connectivity index (χ1v) is 9.72. The van der Waals surface area contributed by atoms with Gasteiger partial charge in [-0.15, -0.1) is 10.2 Å². The standard InChI is InChI=1S/C19H21ClN6/c20-18-16(12-22-26-17(11-13-4-5-13)23-24-19(18)26)25-9-6-14(7-10-25)15-3-1-2-8-21-15/h1-3,8,12-14H,4-7,9-11H2. The Balaban J connectivity index is 1.35. The molecule has 2 aliphatic rings. The minimum absolute atomic E-state index is 0.515. The van der Waals surface area contributed by atoms with Gasteiger partial charge in [0.05, 0.1) is 11.9 Å². The van der Waals surface area contributed by atoms with Crippen LogP contribution < -0.4 is 4.90 Å². The SMILES string of the molecule is Clc1c(N2CCC(c3ccccn3)CC2)cnn2c(CC3CC3)nnc12. The summed E-state index contributed by atoms with van der Waals surface area (Å²) < 4.78 is 1.81. The quantitative estimate of drug-likeness (QED) is 0.705. The predicted octanol–water partition coefficient (Wildman–Crippen LogP) is 3.51. The van der Waals surface area contributed by atoms with E-state index in [0.29, 0.717) is 16.6 Å². The summed E-state index contributed by atoms with van der Waals surface area (Å²) >= 11 is 6.68. The molecular formula is C19H21ClN6. The van der Waals surface area contributed by atoms with Crippen LogP contribution in [0.4, 0.5) is 5.69 Å². The van der Waals surface area contributed by atoms with E-state index in [9.17, 15) is 0 Å². The van der Waals surface area contributed by atoms with Crippen LogP contribution in [0.25, 0.3) is 5.65 Å². The molecule has 0 amide bonds. The van der Waals surface area contributed by atoms with E-state index >= 15 is 0 Å². The lowest BCUT2D eigenvalue weighted by Gasteiger charge is -2.33. The van der Waals surface area contributed by atoms with Gasteiger partial charge in [-0.1, -0.05) is 17.7 Å². The minimum Gasteiger partial charge on any atom is -0.369 e. The van der Waals surface area contributed by atoms with Gasteiger partial charge in [0.25, 0.3) is 0 Å². The zero-order valence-electron chi connectivity index (χ0n) is 14.6. The average Bonchev–Trinajstić information content (AvgIpc) is 3.42. The van der Waals surface area contributed by atoms with Gasteiger partial charge in [0.2, 0.25) is 0 Å². The number of hydrogen-bond acceptors (Lipinski definition) is 5. The summed E-state index contributed by atoms with van der Waals surface area (Å²) in [5, 5.41) is 13.9. The van der Waals surface area contributed by atoms with E-state index in [1.54, 1.807) is 0 Å². The lowest BCUT2D eigenvalue weighted by Crippen LogP contribution is -2.33. The van der Waals surface area contributed by atoms with Crippen molar-refractivity contribution < 1.29 is 0 Å². The number of anilines is 1. The Morgan fingerprint density at radius 1 is 1.08 bits per heavy atom. The summed E-state index contributed by atoms with van der Waals surface area (Å²) in [6.45, 7) is 1.89. The molecule has 0 radical (unpaired) electrons. The van der Waals surface area contributed by atoms with Crippen LogP contribution >= 0.6 is 11.6 Å². The van der Waals surface area contributed by atoms with Gasteiger partial charge < -0.3 is 4.90 Å². The van der Waals surface area contributed by atoms with Gasteiger partial charge in [-0.3, -0.25) is 4.98 Å². The van der Waals surface area contributed by atoms with Gasteiger partial charge >= 0.3 is 0 Å². The number of piperidine rings is 1. The first-order chi connectivity index (χ1) is 12.8. The molecule has 0 N–H and O–H groups in total. The van der Waals surface area contributed by atoms with E-state index in [1.807, 2.05) is 23.0 Å². The van der Waals surface area contributed by atoms with Crippen molar-refractivity contribution in [3.05, 3.63) is 47.1 Å². The normalized spacial score (nSPS) is 18.6. The molecule has 0 aromatic carbocycles. The molecule has 2 fully saturated rings. The molecule has 26 heavy (non-hydrogen) atoms. The molecule has 3 aromatic rings. The fourth-order valence-electron chi connectivity index (χ4n) is 3.82. The molecule has 6 nitrogen and oxygen atoms in total. The third-order valence-corrected chi connectivity index (χ3v) is 5.89. The number of pyridine rings is 1. The molecule has 0 atom stereocenters. The number of nitrogens with zero attached hydrogens (tertiary/aromatic N) is 6. The van der Waals surface area contributed by atoms with Crippen LogP contribution in [0.3, 0.4) is 0 Å². The predicted molar refractivity (Wildman–Crippen MR) is 101 cm³/mol. The molecule has 3 aromatic heterocycles. The Bertz CT molecular complexity index is 912. The number of aromatic nitrogens is 5. The summed E-state index contributed by atoms with van der Waals surface area (Å²) in [4.78, 5) is 6.82. The topological polar surface area (TPSA) is 59.2 Å². The number of halogens is 1. The molecule has 4 heterocycles. The number of rotatable bonds is 4. The lowest BCUT2D eigenvalue weighted by molar-refractivity contribution is 0.496. The van der Waals surface area contributed by atoms with Crippen molar-refractivity contribution in [1.29, 1.82) is 0 Å². The Morgan fingerprint density at radius 3 is 2.65 bits per heavy atom. The highest BCUT2D eigenvalue weighted by Gasteiger charge is 2.27. The van der Waals surface area contributed by atoms with Crippen molar-refractivity contribution in [2.75, 3.05) is 18.0 Å². The summed E-state index contributed by atoms with van der Waals surface area (Å²) in [5.41, 5.74) is 2.82. The molecule has 1 saturated heterocycles. The van der Waals surface area contributed by atoms with Crippen molar-refractivity contribution in [3.63, 3.8) is 0 Å². The molecule has 1 aliphatic heterocycles. The van der Waals surface area contributed by atoms with Crippen LogP contribution in [-0.4, -0.2) is 37.9 Å². The van der Waals surface area contributed by atoms with Crippen LogP contribution in [0.1, 0.15) is 43.1 Å². The first kappa shape index (κ1) is 16.0. The lowest BCUT2D eigenvalue weighted by atomic mass is 9.93. The number of hydrogen-bond donors (Lipinski definition) is 0. The van der Waals surface area contributed by atoms with E-state index in [2.05, 4.69) is 37.3 Å². The monoisotopic (exact) mass is 368 g/mol. The molecule has 0 unspecified atom stereocenters. The highest BCUT2D eigenvalue weighted by Crippen LogP contribution is 2.35. The molecular weight excluding hydrogens is 348 g/mol. The molecule has 0 bridgehead atoms. The van der Waals surface area contributed by atoms with Gasteiger partial charge in [0.15, 0.2) is 11.5 Å². The van der Waals surface area contributed by atoms with Crippen LogP contribution in [0.15, 0.2) is 30.6 Å². The maximum atomic E-state index is 6.68. The molecule has 134 valence electrons. The van der Waals surface area contributed by atoms with Crippen molar-refractivity contribution in [2.45, 2.75) is 38.0 Å². The second-order valence-corrected chi connectivity index (χ2v) is 7.74. The number of fused-ring (bicyclic) bond motifs is 1. The molecule has 5 rings (SSSR count). The zero-order chi connectivity index (χ0) is 17.5. The minimum atomic E-state index is 0.515. The summed E-state index contributed by atoms with van der Waals surface area (Å²) in [5.74, 6) is 2.18. The summed E-state index contributed by atoms with van der Waals surface area (Å²) in [6.07, 6.45) is 9.39. The average molecular weight is 369 g/mol. The third-order valence-electron chi connectivity index (χ3n) is 5.53. The highest BCUT2D eigenvalue weighted by atomic mass is 35.5. The molecule has 1 aliphatic carbocycles. The Labute approximate surface area is 157 Å². The maximum Gasteiger partial charge on any atom is 0.198 e. The summed E-state index contributed by atoms with van der Waals surface area (Å²) in [7, 11) is 0. The third kappa shape index (κ3) is 2.92. The highest BCUT2D eigenvalue weighted by molar-refractivity contribution is 6.36. The van der Waals surface area contributed by atoms with Crippen LogP contribution in [0.2, 0.25) is 5.02 Å². The van der Waals surface area contributed by atoms with Gasteiger partial charge in [0.1, 0.15) is 5.02 Å². The van der Waals surface area contributed by atoms with Crippen molar-refractivity contribution >= 4 is 22.9 Å². The molecule has 1 saturated carbocycles. The molecule has 7 heteroatoms. The Morgan fingerprint density at radius 2 is 1.92 bits per heavy atom. The second-order valence-electron chi connectivity index (χ2n) is 7.36. The van der Waals surface area contributed by atoms with Crippen LogP contribution in [-0.2, 0) is 6.42 Å². The van der Waals surface area contributed by atoms with Gasteiger partial charge in [-0.2, -0.15) is 9.61 Å². The van der Waals surface area contributed by atoms with Crippen molar-refractivity contribution in [2.24, 2.45) is 5.92 Å². The van der Waals surface area contributed by atoms with E-state index in [1.165, 1.54) is 18.5 Å². The zero-order valence-corrected chi connectivity index (χ0v) is 15.3. The van der Waals surface area contributed by atoms with E-state index in [0.717, 1.165) is 49.8 Å². The van der Waals surface area contributed by atoms with Crippen LogP contribution in [0, 0.1) is 5.92 Å². The second kappa shape index (κ2) is 6.50. The Kier molecular flexibility index (Phi) is 4.00. The van der Waals surface area contributed by atoms with E-state index in [-0.39, 0.29) is 0 Å². The van der Waals surface area contributed by atoms with E-state index < -0.39 is 0 Å². The summed E-state index contributed by atoms with van der Waals surface area (Å²) in [6, 6.07) is 6.15. The van der Waals surface area contributed by atoms with Crippen molar-refractivity contribution in [3.8, 4) is 0 Å². The Hall–Kier alpha value is -2.21. The van der Waals surface area contributed by atoms with Crippen LogP contribution in [0.5, 0.6) is 0 Å². The maximum absolute atomic E-state index is 6.68. The largest absolute Gasteiger partial charge is 0.369 e. The first-order valence-electron chi connectivity index (χ1n) is 9.34. The van der Waals surface area contributed by atoms with Gasteiger partial charge in [-0.25, -0.2) is 0 Å². The fourth-order valence-corrected chi connectivity index (χ4v) is 4.10. The smallest absolute Gasteiger partial charge is 0.198 e. The fraction of sp³-hybridized carbons (Fsp3) is 0.474. The van der Waals surface area contributed by atoms with Crippen molar-refractivity contribution in [1.82, 2.24) is 24.8 Å². The van der Waals surface area contributed by atoms with Gasteiger partial charge in [0, 0.05) is 37.3 Å². The van der Waals surface area contributed by atoms with Gasteiger partial charge in [-0.05, 0) is 43.7 Å². The van der Waals surface area contributed by atoms with E-state index in [4.69, 9.17) is 11.6 Å².